The monoisotopic (exact) mass is 345 g/mol. The van der Waals surface area contributed by atoms with Gasteiger partial charge < -0.3 is 9.94 Å². The summed E-state index contributed by atoms with van der Waals surface area (Å²) in [5, 5.41) is 16.6. The van der Waals surface area contributed by atoms with E-state index in [-0.39, 0.29) is 0 Å². The SMILES string of the molecule is COc1ccc(-c2nn3ccc(Br)cc3c2C=NO)cc1. The van der Waals surface area contributed by atoms with Gasteiger partial charge in [-0.1, -0.05) is 21.1 Å². The second kappa shape index (κ2) is 5.57. The van der Waals surface area contributed by atoms with Gasteiger partial charge in [-0.2, -0.15) is 5.10 Å². The number of fused-ring (bicyclic) bond motifs is 1. The smallest absolute Gasteiger partial charge is 0.118 e. The Bertz CT molecular complexity index is 810. The third-order valence-corrected chi connectivity index (χ3v) is 3.68. The molecule has 2 heterocycles. The molecule has 0 saturated heterocycles. The van der Waals surface area contributed by atoms with Crippen molar-refractivity contribution in [2.24, 2.45) is 5.16 Å². The predicted molar refractivity (Wildman–Crippen MR) is 84.3 cm³/mol. The lowest BCUT2D eigenvalue weighted by Crippen LogP contribution is -1.87. The highest BCUT2D eigenvalue weighted by molar-refractivity contribution is 9.10. The molecule has 0 fully saturated rings. The largest absolute Gasteiger partial charge is 0.497 e. The van der Waals surface area contributed by atoms with Gasteiger partial charge in [-0.15, -0.1) is 0 Å². The summed E-state index contributed by atoms with van der Waals surface area (Å²) < 4.78 is 7.84. The number of benzene rings is 1. The zero-order chi connectivity index (χ0) is 14.8. The number of ether oxygens (including phenoxy) is 1. The lowest BCUT2D eigenvalue weighted by atomic mass is 10.1. The van der Waals surface area contributed by atoms with Crippen molar-refractivity contribution in [1.82, 2.24) is 9.61 Å². The molecule has 0 radical (unpaired) electrons. The molecule has 0 aliphatic carbocycles. The summed E-state index contributed by atoms with van der Waals surface area (Å²) in [6, 6.07) is 11.4. The molecular weight excluding hydrogens is 334 g/mol. The Balaban J connectivity index is 2.22. The maximum Gasteiger partial charge on any atom is 0.118 e. The van der Waals surface area contributed by atoms with E-state index in [2.05, 4.69) is 26.2 Å². The van der Waals surface area contributed by atoms with Gasteiger partial charge in [0.15, 0.2) is 0 Å². The summed E-state index contributed by atoms with van der Waals surface area (Å²) >= 11 is 3.44. The third kappa shape index (κ3) is 2.50. The zero-order valence-electron chi connectivity index (χ0n) is 11.2. The van der Waals surface area contributed by atoms with Crippen LogP contribution in [-0.4, -0.2) is 28.1 Å². The number of nitrogens with zero attached hydrogens (tertiary/aromatic N) is 3. The van der Waals surface area contributed by atoms with Crippen molar-refractivity contribution in [3.05, 3.63) is 52.6 Å². The molecule has 2 aromatic heterocycles. The lowest BCUT2D eigenvalue weighted by molar-refractivity contribution is 0.322. The molecule has 0 amide bonds. The van der Waals surface area contributed by atoms with E-state index in [0.717, 1.165) is 32.6 Å². The molecule has 0 saturated carbocycles. The number of halogens is 1. The molecule has 0 bridgehead atoms. The highest BCUT2D eigenvalue weighted by atomic mass is 79.9. The van der Waals surface area contributed by atoms with Gasteiger partial charge in [0, 0.05) is 16.2 Å². The summed E-state index contributed by atoms with van der Waals surface area (Å²) in [6.07, 6.45) is 3.25. The fourth-order valence-corrected chi connectivity index (χ4v) is 2.52. The van der Waals surface area contributed by atoms with Crippen molar-refractivity contribution in [3.63, 3.8) is 0 Å². The molecule has 21 heavy (non-hydrogen) atoms. The standard InChI is InChI=1S/C15H12BrN3O2/c1-21-12-4-2-10(3-5-12)15-13(9-17-20)14-8-11(16)6-7-19(14)18-15/h2-9,20H,1H3. The summed E-state index contributed by atoms with van der Waals surface area (Å²) in [4.78, 5) is 0. The van der Waals surface area contributed by atoms with Crippen LogP contribution in [0.25, 0.3) is 16.8 Å². The van der Waals surface area contributed by atoms with E-state index in [1.807, 2.05) is 42.6 Å². The third-order valence-electron chi connectivity index (χ3n) is 3.19. The van der Waals surface area contributed by atoms with Crippen molar-refractivity contribution in [1.29, 1.82) is 0 Å². The van der Waals surface area contributed by atoms with E-state index in [0.29, 0.717) is 0 Å². The molecule has 5 nitrogen and oxygen atoms in total. The van der Waals surface area contributed by atoms with Crippen LogP contribution >= 0.6 is 15.9 Å². The first-order valence-corrected chi connectivity index (χ1v) is 7.02. The quantitative estimate of drug-likeness (QED) is 0.448. The van der Waals surface area contributed by atoms with E-state index in [4.69, 9.17) is 9.94 Å². The van der Waals surface area contributed by atoms with Gasteiger partial charge in [0.05, 0.1) is 24.4 Å². The Hall–Kier alpha value is -2.34. The number of rotatable bonds is 3. The average Bonchev–Trinajstić information content (AvgIpc) is 2.86. The van der Waals surface area contributed by atoms with Crippen molar-refractivity contribution in [2.45, 2.75) is 0 Å². The molecule has 0 atom stereocenters. The minimum atomic E-state index is 0.744. The maximum atomic E-state index is 8.92. The molecule has 0 unspecified atom stereocenters. The van der Waals surface area contributed by atoms with Gasteiger partial charge in [0.25, 0.3) is 0 Å². The van der Waals surface area contributed by atoms with Crippen molar-refractivity contribution >= 4 is 27.7 Å². The van der Waals surface area contributed by atoms with Crippen LogP contribution in [-0.2, 0) is 0 Å². The molecule has 1 N–H and O–H groups in total. The number of hydrogen-bond donors (Lipinski definition) is 1. The highest BCUT2D eigenvalue weighted by Crippen LogP contribution is 2.27. The number of methoxy groups -OCH3 is 1. The molecular formula is C15H12BrN3O2. The topological polar surface area (TPSA) is 59.1 Å². The molecule has 106 valence electrons. The molecule has 0 aliphatic rings. The second-order valence-electron chi connectivity index (χ2n) is 4.41. The summed E-state index contributed by atoms with van der Waals surface area (Å²) in [6.45, 7) is 0. The van der Waals surface area contributed by atoms with Crippen molar-refractivity contribution < 1.29 is 9.94 Å². The Kier molecular flexibility index (Phi) is 3.62. The van der Waals surface area contributed by atoms with Gasteiger partial charge in [-0.25, -0.2) is 4.52 Å². The second-order valence-corrected chi connectivity index (χ2v) is 5.33. The van der Waals surface area contributed by atoms with Gasteiger partial charge in [-0.3, -0.25) is 0 Å². The van der Waals surface area contributed by atoms with E-state index >= 15 is 0 Å². The number of hydrogen-bond acceptors (Lipinski definition) is 4. The van der Waals surface area contributed by atoms with Crippen LogP contribution in [0.15, 0.2) is 52.2 Å². The van der Waals surface area contributed by atoms with Crippen molar-refractivity contribution in [2.75, 3.05) is 7.11 Å². The van der Waals surface area contributed by atoms with Gasteiger partial charge >= 0.3 is 0 Å². The molecule has 3 aromatic rings. The maximum absolute atomic E-state index is 8.92. The zero-order valence-corrected chi connectivity index (χ0v) is 12.8. The van der Waals surface area contributed by atoms with Crippen LogP contribution in [0.4, 0.5) is 0 Å². The van der Waals surface area contributed by atoms with Gasteiger partial charge in [-0.05, 0) is 36.4 Å². The summed E-state index contributed by atoms with van der Waals surface area (Å²) in [7, 11) is 1.63. The minimum Gasteiger partial charge on any atom is -0.497 e. The van der Waals surface area contributed by atoms with E-state index in [1.54, 1.807) is 11.6 Å². The number of pyridine rings is 1. The van der Waals surface area contributed by atoms with E-state index in [1.165, 1.54) is 6.21 Å². The highest BCUT2D eigenvalue weighted by Gasteiger charge is 2.13. The van der Waals surface area contributed by atoms with Crippen LogP contribution < -0.4 is 4.74 Å². The minimum absolute atomic E-state index is 0.744. The van der Waals surface area contributed by atoms with Crippen LogP contribution in [0.3, 0.4) is 0 Å². The Morgan fingerprint density at radius 2 is 2.05 bits per heavy atom. The Morgan fingerprint density at radius 3 is 2.71 bits per heavy atom. The Morgan fingerprint density at radius 1 is 1.29 bits per heavy atom. The van der Waals surface area contributed by atoms with Crippen LogP contribution in [0.2, 0.25) is 0 Å². The first-order valence-electron chi connectivity index (χ1n) is 6.22. The summed E-state index contributed by atoms with van der Waals surface area (Å²) in [5.41, 5.74) is 3.27. The van der Waals surface area contributed by atoms with Crippen LogP contribution in [0, 0.1) is 0 Å². The predicted octanol–water partition coefficient (Wildman–Crippen LogP) is 3.58. The van der Waals surface area contributed by atoms with Crippen LogP contribution in [0.5, 0.6) is 5.75 Å². The number of oxime groups is 1. The normalized spacial score (nSPS) is 11.3. The summed E-state index contributed by atoms with van der Waals surface area (Å²) in [5.74, 6) is 0.780. The van der Waals surface area contributed by atoms with E-state index < -0.39 is 0 Å². The molecule has 0 spiro atoms. The number of aromatic nitrogens is 2. The van der Waals surface area contributed by atoms with Gasteiger partial charge in [0.1, 0.15) is 11.4 Å². The fourth-order valence-electron chi connectivity index (χ4n) is 2.19. The average molecular weight is 346 g/mol. The van der Waals surface area contributed by atoms with E-state index in [9.17, 15) is 0 Å². The molecule has 0 aliphatic heterocycles. The fraction of sp³-hybridized carbons (Fsp3) is 0.0667. The molecule has 6 heteroatoms. The lowest BCUT2D eigenvalue weighted by Gasteiger charge is -2.01. The Labute approximate surface area is 129 Å². The first kappa shape index (κ1) is 13.6. The molecule has 1 aromatic carbocycles. The van der Waals surface area contributed by atoms with Crippen LogP contribution in [0.1, 0.15) is 5.56 Å². The van der Waals surface area contributed by atoms with Gasteiger partial charge in [0.2, 0.25) is 0 Å². The molecule has 3 rings (SSSR count). The van der Waals surface area contributed by atoms with Crippen molar-refractivity contribution in [3.8, 4) is 17.0 Å². The first-order chi connectivity index (χ1) is 10.2.